The molecule has 1 saturated heterocycles. The molecule has 0 aliphatic carbocycles. The second-order valence-corrected chi connectivity index (χ2v) is 9.98. The van der Waals surface area contributed by atoms with Crippen LogP contribution in [0.5, 0.6) is 0 Å². The molecule has 1 aliphatic heterocycles. The van der Waals surface area contributed by atoms with Gasteiger partial charge in [-0.15, -0.1) is 0 Å². The largest absolute Gasteiger partial charge is 0.359 e. The molecule has 34 heavy (non-hydrogen) atoms. The molecule has 0 radical (unpaired) electrons. The molecule has 0 bridgehead atoms. The summed E-state index contributed by atoms with van der Waals surface area (Å²) in [6.07, 6.45) is 3.47. The molecule has 1 fully saturated rings. The first-order valence-corrected chi connectivity index (χ1v) is 12.3. The van der Waals surface area contributed by atoms with E-state index in [9.17, 15) is 13.2 Å². The number of fused-ring (bicyclic) bond motifs is 1. The lowest BCUT2D eigenvalue weighted by Crippen LogP contribution is -2.41. The standard InChI is InChI=1S/C25H22N4O4S/c1-17-4-7-19(15-22(17)24-21-3-2-11-26-23(21)10-12-27-24)28-25(30)18-5-8-20(9-6-18)29-16-33-13-14-34(29,31)32/h2-12,15H,13-14,16H2,1H3,(H,28,30). The highest BCUT2D eigenvalue weighted by atomic mass is 32.2. The molecular weight excluding hydrogens is 452 g/mol. The van der Waals surface area contributed by atoms with Crippen LogP contribution in [0, 0.1) is 6.92 Å². The summed E-state index contributed by atoms with van der Waals surface area (Å²) in [5.41, 5.74) is 5.08. The van der Waals surface area contributed by atoms with Crippen LogP contribution in [0.15, 0.2) is 73.1 Å². The van der Waals surface area contributed by atoms with Crippen LogP contribution in [-0.4, -0.2) is 43.4 Å². The minimum atomic E-state index is -3.41. The first-order chi connectivity index (χ1) is 16.4. The van der Waals surface area contributed by atoms with Gasteiger partial charge in [0.2, 0.25) is 10.0 Å². The fourth-order valence-corrected chi connectivity index (χ4v) is 5.12. The fraction of sp³-hybridized carbons (Fsp3) is 0.160. The predicted molar refractivity (Wildman–Crippen MR) is 131 cm³/mol. The van der Waals surface area contributed by atoms with Gasteiger partial charge in [-0.25, -0.2) is 12.7 Å². The molecule has 8 nitrogen and oxygen atoms in total. The minimum Gasteiger partial charge on any atom is -0.359 e. The molecule has 9 heteroatoms. The summed E-state index contributed by atoms with van der Waals surface area (Å²) in [4.78, 5) is 21.8. The predicted octanol–water partition coefficient (Wildman–Crippen LogP) is 3.98. The number of benzene rings is 2. The average molecular weight is 475 g/mol. The lowest BCUT2D eigenvalue weighted by atomic mass is 10.0. The minimum absolute atomic E-state index is 0.0300. The zero-order chi connectivity index (χ0) is 23.7. The van der Waals surface area contributed by atoms with Crippen molar-refractivity contribution in [3.63, 3.8) is 0 Å². The van der Waals surface area contributed by atoms with E-state index in [1.807, 2.05) is 43.3 Å². The summed E-state index contributed by atoms with van der Waals surface area (Å²) in [7, 11) is -3.41. The number of anilines is 2. The molecule has 0 saturated carbocycles. The van der Waals surface area contributed by atoms with E-state index >= 15 is 0 Å². The van der Waals surface area contributed by atoms with Gasteiger partial charge in [-0.3, -0.25) is 14.8 Å². The second-order valence-electron chi connectivity index (χ2n) is 7.96. The van der Waals surface area contributed by atoms with Gasteiger partial charge in [0.05, 0.1) is 29.3 Å². The van der Waals surface area contributed by atoms with Crippen molar-refractivity contribution in [3.05, 3.63) is 84.2 Å². The normalized spacial score (nSPS) is 15.3. The number of pyridine rings is 2. The van der Waals surface area contributed by atoms with E-state index in [0.717, 1.165) is 27.7 Å². The number of carbonyl (C=O) groups excluding carboxylic acids is 1. The van der Waals surface area contributed by atoms with Crippen molar-refractivity contribution in [2.45, 2.75) is 6.92 Å². The van der Waals surface area contributed by atoms with Gasteiger partial charge in [0.1, 0.15) is 6.73 Å². The summed E-state index contributed by atoms with van der Waals surface area (Å²) < 4.78 is 31.0. The van der Waals surface area contributed by atoms with Crippen molar-refractivity contribution in [3.8, 4) is 11.3 Å². The number of nitrogens with zero attached hydrogens (tertiary/aromatic N) is 3. The first-order valence-electron chi connectivity index (χ1n) is 10.7. The Bertz CT molecular complexity index is 1480. The maximum atomic E-state index is 12.9. The Morgan fingerprint density at radius 2 is 1.85 bits per heavy atom. The van der Waals surface area contributed by atoms with E-state index in [1.165, 1.54) is 4.31 Å². The van der Waals surface area contributed by atoms with Gasteiger partial charge in [-0.2, -0.15) is 0 Å². The Balaban J connectivity index is 1.39. The van der Waals surface area contributed by atoms with Crippen LogP contribution in [0.2, 0.25) is 0 Å². The van der Waals surface area contributed by atoms with E-state index in [0.29, 0.717) is 16.9 Å². The topological polar surface area (TPSA) is 101 Å². The zero-order valence-electron chi connectivity index (χ0n) is 18.4. The van der Waals surface area contributed by atoms with E-state index < -0.39 is 10.0 Å². The van der Waals surface area contributed by atoms with Crippen molar-refractivity contribution in [1.82, 2.24) is 9.97 Å². The van der Waals surface area contributed by atoms with Crippen LogP contribution in [0.25, 0.3) is 22.2 Å². The van der Waals surface area contributed by atoms with Crippen molar-refractivity contribution in [2.75, 3.05) is 28.7 Å². The van der Waals surface area contributed by atoms with Crippen LogP contribution < -0.4 is 9.62 Å². The van der Waals surface area contributed by atoms with E-state index in [4.69, 9.17) is 4.74 Å². The van der Waals surface area contributed by atoms with Gasteiger partial charge >= 0.3 is 0 Å². The summed E-state index contributed by atoms with van der Waals surface area (Å²) >= 11 is 0. The molecule has 0 spiro atoms. The van der Waals surface area contributed by atoms with Gasteiger partial charge in [-0.1, -0.05) is 6.07 Å². The van der Waals surface area contributed by atoms with E-state index in [1.54, 1.807) is 36.7 Å². The average Bonchev–Trinajstić information content (AvgIpc) is 2.85. The summed E-state index contributed by atoms with van der Waals surface area (Å²) in [6, 6.07) is 17.8. The maximum Gasteiger partial charge on any atom is 0.255 e. The molecule has 1 amide bonds. The third-order valence-corrected chi connectivity index (χ3v) is 7.40. The van der Waals surface area contributed by atoms with Crippen LogP contribution in [-0.2, 0) is 14.8 Å². The van der Waals surface area contributed by atoms with Crippen molar-refractivity contribution < 1.29 is 17.9 Å². The van der Waals surface area contributed by atoms with Crippen molar-refractivity contribution >= 4 is 38.2 Å². The summed E-state index contributed by atoms with van der Waals surface area (Å²) in [5, 5.41) is 3.85. The van der Waals surface area contributed by atoms with Gasteiger partial charge in [0, 0.05) is 34.6 Å². The second kappa shape index (κ2) is 8.85. The Labute approximate surface area is 197 Å². The highest BCUT2D eigenvalue weighted by Crippen LogP contribution is 2.30. The molecule has 2 aromatic carbocycles. The smallest absolute Gasteiger partial charge is 0.255 e. The highest BCUT2D eigenvalue weighted by Gasteiger charge is 2.26. The van der Waals surface area contributed by atoms with E-state index in [-0.39, 0.29) is 25.0 Å². The van der Waals surface area contributed by atoms with Crippen molar-refractivity contribution in [1.29, 1.82) is 0 Å². The van der Waals surface area contributed by atoms with Crippen molar-refractivity contribution in [2.24, 2.45) is 0 Å². The SMILES string of the molecule is Cc1ccc(NC(=O)c2ccc(N3COCCS3(=O)=O)cc2)cc1-c1nccc2ncccc12. The molecule has 1 aliphatic rings. The van der Waals surface area contributed by atoms with Crippen LogP contribution in [0.3, 0.4) is 0 Å². The zero-order valence-corrected chi connectivity index (χ0v) is 19.2. The molecule has 172 valence electrons. The van der Waals surface area contributed by atoms with Crippen LogP contribution >= 0.6 is 0 Å². The number of hydrogen-bond acceptors (Lipinski definition) is 6. The number of hydrogen-bond donors (Lipinski definition) is 1. The van der Waals surface area contributed by atoms with Gasteiger partial charge in [0.25, 0.3) is 5.91 Å². The molecule has 1 N–H and O–H groups in total. The van der Waals surface area contributed by atoms with Crippen LogP contribution in [0.1, 0.15) is 15.9 Å². The van der Waals surface area contributed by atoms with Gasteiger partial charge < -0.3 is 10.1 Å². The van der Waals surface area contributed by atoms with Crippen LogP contribution in [0.4, 0.5) is 11.4 Å². The lowest BCUT2D eigenvalue weighted by molar-refractivity contribution is 0.102. The first kappa shape index (κ1) is 22.0. The summed E-state index contributed by atoms with van der Waals surface area (Å²) in [6.45, 7) is 2.15. The third-order valence-electron chi connectivity index (χ3n) is 5.73. The fourth-order valence-electron chi connectivity index (χ4n) is 3.89. The Hall–Kier alpha value is -3.82. The van der Waals surface area contributed by atoms with E-state index in [2.05, 4.69) is 15.3 Å². The molecule has 0 atom stereocenters. The quantitative estimate of drug-likeness (QED) is 0.480. The molecule has 2 aromatic heterocycles. The Morgan fingerprint density at radius 1 is 1.03 bits per heavy atom. The number of ether oxygens (including phenoxy) is 1. The molecule has 4 aromatic rings. The number of aryl methyl sites for hydroxylation is 1. The molecule has 3 heterocycles. The van der Waals surface area contributed by atoms with Gasteiger partial charge in [-0.05, 0) is 67.1 Å². The highest BCUT2D eigenvalue weighted by molar-refractivity contribution is 7.92. The lowest BCUT2D eigenvalue weighted by Gasteiger charge is -2.28. The molecule has 0 unspecified atom stereocenters. The third kappa shape index (κ3) is 4.23. The number of sulfonamides is 1. The number of amides is 1. The Kier molecular flexibility index (Phi) is 5.72. The number of rotatable bonds is 4. The number of aromatic nitrogens is 2. The molecular formula is C25H22N4O4S. The van der Waals surface area contributed by atoms with Gasteiger partial charge in [0.15, 0.2) is 0 Å². The molecule has 5 rings (SSSR count). The number of carbonyl (C=O) groups is 1. The maximum absolute atomic E-state index is 12.9. The summed E-state index contributed by atoms with van der Waals surface area (Å²) in [5.74, 6) is -0.362. The Morgan fingerprint density at radius 3 is 2.65 bits per heavy atom. The monoisotopic (exact) mass is 474 g/mol. The number of nitrogens with one attached hydrogen (secondary N) is 1.